The van der Waals surface area contributed by atoms with Gasteiger partial charge in [0.2, 0.25) is 5.91 Å². The van der Waals surface area contributed by atoms with Crippen LogP contribution in [0, 0.1) is 21.4 Å². The molecule has 0 aromatic heterocycles. The van der Waals surface area contributed by atoms with Gasteiger partial charge in [-0.15, -0.1) is 0 Å². The molecule has 0 saturated heterocycles. The van der Waals surface area contributed by atoms with Crippen molar-refractivity contribution in [3.05, 3.63) is 33.9 Å². The maximum atomic E-state index is 10.7. The second kappa shape index (κ2) is 6.20. The van der Waals surface area contributed by atoms with E-state index in [4.69, 9.17) is 11.0 Å². The van der Waals surface area contributed by atoms with Crippen molar-refractivity contribution >= 4 is 17.3 Å². The summed E-state index contributed by atoms with van der Waals surface area (Å²) >= 11 is 0. The number of carbonyl (C=O) groups excluding carboxylic acids is 1. The molecule has 0 saturated carbocycles. The summed E-state index contributed by atoms with van der Waals surface area (Å²) in [5, 5.41) is 22.3. The fourth-order valence-electron chi connectivity index (χ4n) is 1.38. The van der Waals surface area contributed by atoms with Crippen LogP contribution in [0.3, 0.4) is 0 Å². The van der Waals surface area contributed by atoms with E-state index in [0.717, 1.165) is 0 Å². The van der Waals surface area contributed by atoms with Crippen molar-refractivity contribution in [2.24, 2.45) is 5.73 Å². The van der Waals surface area contributed by atoms with E-state index < -0.39 is 4.92 Å². The smallest absolute Gasteiger partial charge is 0.289 e. The van der Waals surface area contributed by atoms with Crippen LogP contribution in [0.4, 0.5) is 11.4 Å². The zero-order chi connectivity index (χ0) is 13.5. The van der Waals surface area contributed by atoms with Gasteiger partial charge in [0.1, 0.15) is 11.6 Å². The van der Waals surface area contributed by atoms with E-state index in [2.05, 4.69) is 5.32 Å². The minimum absolute atomic E-state index is 0.0164. The zero-order valence-electron chi connectivity index (χ0n) is 9.55. The highest BCUT2D eigenvalue weighted by molar-refractivity contribution is 5.73. The molecule has 0 unspecified atom stereocenters. The van der Waals surface area contributed by atoms with Gasteiger partial charge in [-0.2, -0.15) is 5.26 Å². The highest BCUT2D eigenvalue weighted by atomic mass is 16.6. The minimum Gasteiger partial charge on any atom is -0.385 e. The Morgan fingerprint density at radius 1 is 1.56 bits per heavy atom. The number of nitro benzene ring substituents is 1. The molecule has 1 aromatic rings. The molecule has 0 radical (unpaired) electrons. The molecule has 0 aliphatic carbocycles. The number of nitrogens with zero attached hydrogens (tertiary/aromatic N) is 2. The fourth-order valence-corrected chi connectivity index (χ4v) is 1.38. The van der Waals surface area contributed by atoms with Gasteiger partial charge >= 0.3 is 0 Å². The number of amides is 1. The van der Waals surface area contributed by atoms with Gasteiger partial charge in [-0.3, -0.25) is 14.9 Å². The molecule has 1 amide bonds. The highest BCUT2D eigenvalue weighted by Crippen LogP contribution is 2.22. The molecule has 0 heterocycles. The Kier molecular flexibility index (Phi) is 4.63. The van der Waals surface area contributed by atoms with Gasteiger partial charge in [-0.1, -0.05) is 0 Å². The first kappa shape index (κ1) is 13.4. The number of benzene rings is 1. The molecule has 3 N–H and O–H groups in total. The van der Waals surface area contributed by atoms with Crippen molar-refractivity contribution in [3.8, 4) is 6.07 Å². The zero-order valence-corrected chi connectivity index (χ0v) is 9.55. The summed E-state index contributed by atoms with van der Waals surface area (Å²) in [4.78, 5) is 20.6. The lowest BCUT2D eigenvalue weighted by molar-refractivity contribution is -0.385. The molecule has 7 heteroatoms. The van der Waals surface area contributed by atoms with Crippen LogP contribution < -0.4 is 11.1 Å². The van der Waals surface area contributed by atoms with Crippen LogP contribution in [-0.4, -0.2) is 17.4 Å². The first-order valence-corrected chi connectivity index (χ1v) is 5.25. The average Bonchev–Trinajstić information content (AvgIpc) is 2.34. The first-order valence-electron chi connectivity index (χ1n) is 5.25. The molecule has 0 aliphatic heterocycles. The van der Waals surface area contributed by atoms with Crippen LogP contribution in [0.15, 0.2) is 18.2 Å². The first-order chi connectivity index (χ1) is 8.54. The number of nitro groups is 1. The molecule has 94 valence electrons. The lowest BCUT2D eigenvalue weighted by Gasteiger charge is -2.05. The van der Waals surface area contributed by atoms with Crippen LogP contribution in [0.2, 0.25) is 0 Å². The maximum absolute atomic E-state index is 10.7. The topological polar surface area (TPSA) is 122 Å². The van der Waals surface area contributed by atoms with Crippen LogP contribution in [0.25, 0.3) is 0 Å². The van der Waals surface area contributed by atoms with Gasteiger partial charge in [-0.25, -0.2) is 0 Å². The Hall–Kier alpha value is -2.62. The van der Waals surface area contributed by atoms with Gasteiger partial charge in [0.25, 0.3) is 5.69 Å². The molecule has 0 aliphatic rings. The summed E-state index contributed by atoms with van der Waals surface area (Å²) < 4.78 is 0. The number of rotatable bonds is 6. The largest absolute Gasteiger partial charge is 0.385 e. The van der Waals surface area contributed by atoms with Gasteiger partial charge in [0.15, 0.2) is 0 Å². The summed E-state index contributed by atoms with van der Waals surface area (Å²) in [6.07, 6.45) is 0.800. The summed E-state index contributed by atoms with van der Waals surface area (Å²) in [5.74, 6) is -0.386. The number of anilines is 1. The second-order valence-electron chi connectivity index (χ2n) is 3.60. The van der Waals surface area contributed by atoms with Crippen molar-refractivity contribution in [3.63, 3.8) is 0 Å². The van der Waals surface area contributed by atoms with Crippen LogP contribution in [0.5, 0.6) is 0 Å². The number of nitrogens with one attached hydrogen (secondary N) is 1. The van der Waals surface area contributed by atoms with Crippen LogP contribution in [-0.2, 0) is 4.79 Å². The number of nitrogens with two attached hydrogens (primary N) is 1. The third kappa shape index (κ3) is 3.75. The van der Waals surface area contributed by atoms with Crippen molar-refractivity contribution < 1.29 is 9.72 Å². The molecule has 0 bridgehead atoms. The number of primary amides is 1. The SMILES string of the molecule is N#Cc1ccc(NCCCC(N)=O)cc1[N+](=O)[O-]. The lowest BCUT2D eigenvalue weighted by atomic mass is 10.1. The van der Waals surface area contributed by atoms with E-state index in [9.17, 15) is 14.9 Å². The third-order valence-corrected chi connectivity index (χ3v) is 2.24. The summed E-state index contributed by atoms with van der Waals surface area (Å²) in [6, 6.07) is 6.01. The van der Waals surface area contributed by atoms with Crippen LogP contribution in [0.1, 0.15) is 18.4 Å². The predicted octanol–water partition coefficient (Wildman–Crippen LogP) is 1.14. The standard InChI is InChI=1S/C11H12N4O3/c12-7-8-3-4-9(6-10(8)15(17)18)14-5-1-2-11(13)16/h3-4,6,14H,1-2,5H2,(H2,13,16). The lowest BCUT2D eigenvalue weighted by Crippen LogP contribution is -2.12. The van der Waals surface area contributed by atoms with E-state index in [1.807, 2.05) is 0 Å². The molecule has 0 fully saturated rings. The Labute approximate surface area is 103 Å². The van der Waals surface area contributed by atoms with Gasteiger partial charge in [-0.05, 0) is 18.6 Å². The quantitative estimate of drug-likeness (QED) is 0.444. The van der Waals surface area contributed by atoms with E-state index in [0.29, 0.717) is 18.7 Å². The number of hydrogen-bond donors (Lipinski definition) is 2. The molecule has 1 rings (SSSR count). The molecule has 0 atom stereocenters. The third-order valence-electron chi connectivity index (χ3n) is 2.24. The van der Waals surface area contributed by atoms with E-state index in [1.165, 1.54) is 12.1 Å². The normalized spacial score (nSPS) is 9.50. The van der Waals surface area contributed by atoms with Gasteiger partial charge < -0.3 is 11.1 Å². The minimum atomic E-state index is -0.604. The Balaban J connectivity index is 2.68. The van der Waals surface area contributed by atoms with E-state index in [1.54, 1.807) is 12.1 Å². The average molecular weight is 248 g/mol. The highest BCUT2D eigenvalue weighted by Gasteiger charge is 2.13. The summed E-state index contributed by atoms with van der Waals surface area (Å²) in [6.45, 7) is 0.478. The Bertz CT molecular complexity index is 508. The van der Waals surface area contributed by atoms with Crippen molar-refractivity contribution in [2.75, 3.05) is 11.9 Å². The molecule has 7 nitrogen and oxygen atoms in total. The molecule has 18 heavy (non-hydrogen) atoms. The predicted molar refractivity (Wildman–Crippen MR) is 64.7 cm³/mol. The van der Waals surface area contributed by atoms with Gasteiger partial charge in [0, 0.05) is 24.7 Å². The number of nitriles is 1. The maximum Gasteiger partial charge on any atom is 0.289 e. The van der Waals surface area contributed by atoms with Crippen molar-refractivity contribution in [1.82, 2.24) is 0 Å². The fraction of sp³-hybridized carbons (Fsp3) is 0.273. The Morgan fingerprint density at radius 2 is 2.28 bits per heavy atom. The molecule has 1 aromatic carbocycles. The molecular formula is C11H12N4O3. The van der Waals surface area contributed by atoms with Gasteiger partial charge in [0.05, 0.1) is 4.92 Å². The summed E-state index contributed by atoms with van der Waals surface area (Å²) in [5.41, 5.74) is 5.29. The number of carbonyl (C=O) groups is 1. The molecule has 0 spiro atoms. The van der Waals surface area contributed by atoms with E-state index >= 15 is 0 Å². The monoisotopic (exact) mass is 248 g/mol. The molecular weight excluding hydrogens is 236 g/mol. The van der Waals surface area contributed by atoms with Crippen molar-refractivity contribution in [1.29, 1.82) is 5.26 Å². The summed E-state index contributed by atoms with van der Waals surface area (Å²) in [7, 11) is 0. The second-order valence-corrected chi connectivity index (χ2v) is 3.60. The number of hydrogen-bond acceptors (Lipinski definition) is 5. The van der Waals surface area contributed by atoms with E-state index in [-0.39, 0.29) is 23.6 Å². The van der Waals surface area contributed by atoms with Crippen LogP contribution >= 0.6 is 0 Å². The van der Waals surface area contributed by atoms with Crippen molar-refractivity contribution in [2.45, 2.75) is 12.8 Å². The Morgan fingerprint density at radius 3 is 2.83 bits per heavy atom.